The molecule has 4 aromatic rings. The lowest BCUT2D eigenvalue weighted by Crippen LogP contribution is -2.41. The highest BCUT2D eigenvalue weighted by molar-refractivity contribution is 6.00. The fourth-order valence-electron chi connectivity index (χ4n) is 3.48. The van der Waals surface area contributed by atoms with Gasteiger partial charge in [-0.25, -0.2) is 13.8 Å². The van der Waals surface area contributed by atoms with Gasteiger partial charge in [-0.2, -0.15) is 0 Å². The van der Waals surface area contributed by atoms with Crippen LogP contribution >= 0.6 is 0 Å². The first kappa shape index (κ1) is 22.7. The fraction of sp³-hybridized carbons (Fsp3) is 0.0769. The molecule has 0 spiro atoms. The zero-order valence-corrected chi connectivity index (χ0v) is 17.9. The van der Waals surface area contributed by atoms with Crippen LogP contribution in [0.3, 0.4) is 0 Å². The number of amides is 2. The molecule has 1 unspecified atom stereocenters. The van der Waals surface area contributed by atoms with E-state index < -0.39 is 29.5 Å². The molecule has 0 saturated heterocycles. The molecule has 2 amide bonds. The summed E-state index contributed by atoms with van der Waals surface area (Å²) in [5, 5.41) is 2.75. The van der Waals surface area contributed by atoms with Gasteiger partial charge in [-0.05, 0) is 47.5 Å². The highest BCUT2D eigenvalue weighted by Crippen LogP contribution is 2.27. The minimum absolute atomic E-state index is 0.00604. The molecule has 1 aromatic heterocycles. The molecule has 1 N–H and O–H groups in total. The van der Waals surface area contributed by atoms with Gasteiger partial charge in [-0.15, -0.1) is 0 Å². The van der Waals surface area contributed by atoms with Crippen molar-refractivity contribution in [2.75, 3.05) is 5.32 Å². The molecule has 3 aromatic carbocycles. The maximum atomic E-state index is 13.6. The number of aromatic nitrogens is 2. The van der Waals surface area contributed by atoms with Gasteiger partial charge in [0.25, 0.3) is 11.8 Å². The van der Waals surface area contributed by atoms with E-state index in [0.29, 0.717) is 16.8 Å². The number of hydrogen-bond donors (Lipinski definition) is 1. The van der Waals surface area contributed by atoms with Gasteiger partial charge >= 0.3 is 0 Å². The van der Waals surface area contributed by atoms with Crippen molar-refractivity contribution in [3.05, 3.63) is 126 Å². The van der Waals surface area contributed by atoms with Gasteiger partial charge in [0, 0.05) is 24.6 Å². The predicted octanol–water partition coefficient (Wildman–Crippen LogP) is 4.78. The molecule has 0 aliphatic carbocycles. The summed E-state index contributed by atoms with van der Waals surface area (Å²) in [5.74, 6) is -1.88. The van der Waals surface area contributed by atoms with Gasteiger partial charge in [-0.1, -0.05) is 42.5 Å². The Morgan fingerprint density at radius 2 is 1.50 bits per heavy atom. The molecule has 0 radical (unpaired) electrons. The van der Waals surface area contributed by atoms with Crippen molar-refractivity contribution < 1.29 is 18.4 Å². The zero-order valence-electron chi connectivity index (χ0n) is 17.9. The van der Waals surface area contributed by atoms with E-state index in [4.69, 9.17) is 0 Å². The number of anilines is 1. The summed E-state index contributed by atoms with van der Waals surface area (Å²) in [6.07, 6.45) is 4.15. The number of hydrogen-bond acceptors (Lipinski definition) is 4. The minimum atomic E-state index is -1.06. The molecule has 0 aliphatic rings. The van der Waals surface area contributed by atoms with Gasteiger partial charge in [0.15, 0.2) is 0 Å². The molecule has 170 valence electrons. The van der Waals surface area contributed by atoms with Crippen LogP contribution in [-0.4, -0.2) is 26.7 Å². The van der Waals surface area contributed by atoms with Crippen LogP contribution in [0, 0.1) is 11.6 Å². The van der Waals surface area contributed by atoms with Crippen molar-refractivity contribution in [1.29, 1.82) is 0 Å². The first-order valence-electron chi connectivity index (χ1n) is 10.4. The number of nitrogens with one attached hydrogen (secondary N) is 1. The lowest BCUT2D eigenvalue weighted by molar-refractivity contribution is -0.121. The molecule has 0 fully saturated rings. The highest BCUT2D eigenvalue weighted by Gasteiger charge is 2.33. The SMILES string of the molecule is O=C(Nc1ccc(F)cc1)C(c1ccccc1)N(Cc1ccc(F)cc1)C(=O)c1cnccn1. The number of nitrogens with zero attached hydrogens (tertiary/aromatic N) is 3. The summed E-state index contributed by atoms with van der Waals surface area (Å²) >= 11 is 0. The fourth-order valence-corrected chi connectivity index (χ4v) is 3.48. The minimum Gasteiger partial charge on any atom is -0.324 e. The van der Waals surface area contributed by atoms with Gasteiger partial charge in [0.2, 0.25) is 0 Å². The maximum Gasteiger partial charge on any atom is 0.275 e. The predicted molar refractivity (Wildman–Crippen MR) is 123 cm³/mol. The van der Waals surface area contributed by atoms with Crippen LogP contribution in [0.2, 0.25) is 0 Å². The van der Waals surface area contributed by atoms with Crippen LogP contribution in [-0.2, 0) is 11.3 Å². The quantitative estimate of drug-likeness (QED) is 0.433. The van der Waals surface area contributed by atoms with Crippen molar-refractivity contribution >= 4 is 17.5 Å². The van der Waals surface area contributed by atoms with Crippen LogP contribution in [0.25, 0.3) is 0 Å². The van der Waals surface area contributed by atoms with Crippen molar-refractivity contribution in [2.24, 2.45) is 0 Å². The molecule has 0 bridgehead atoms. The Balaban J connectivity index is 1.76. The van der Waals surface area contributed by atoms with Crippen LogP contribution < -0.4 is 5.32 Å². The molecule has 0 aliphatic heterocycles. The van der Waals surface area contributed by atoms with Gasteiger partial charge in [0.05, 0.1) is 6.20 Å². The van der Waals surface area contributed by atoms with E-state index in [1.54, 1.807) is 42.5 Å². The molecule has 34 heavy (non-hydrogen) atoms. The molecule has 4 rings (SSSR count). The number of rotatable bonds is 7. The monoisotopic (exact) mass is 458 g/mol. The maximum absolute atomic E-state index is 13.6. The molecule has 1 atom stereocenters. The third kappa shape index (κ3) is 5.47. The Morgan fingerprint density at radius 1 is 0.853 bits per heavy atom. The second kappa shape index (κ2) is 10.4. The Kier molecular flexibility index (Phi) is 6.98. The summed E-state index contributed by atoms with van der Waals surface area (Å²) in [7, 11) is 0. The number of carbonyl (C=O) groups excluding carboxylic acids is 2. The second-order valence-electron chi connectivity index (χ2n) is 7.46. The number of carbonyl (C=O) groups is 2. The summed E-state index contributed by atoms with van der Waals surface area (Å²) in [5.41, 5.74) is 1.61. The zero-order chi connectivity index (χ0) is 23.9. The van der Waals surface area contributed by atoms with E-state index >= 15 is 0 Å². The van der Waals surface area contributed by atoms with Crippen molar-refractivity contribution in [3.8, 4) is 0 Å². The van der Waals surface area contributed by atoms with Crippen LogP contribution in [0.5, 0.6) is 0 Å². The lowest BCUT2D eigenvalue weighted by atomic mass is 10.0. The second-order valence-corrected chi connectivity index (χ2v) is 7.46. The average molecular weight is 458 g/mol. The standard InChI is InChI=1S/C26H20F2N4O2/c27-20-8-6-18(7-9-20)17-32(26(34)23-16-29-14-15-30-23)24(19-4-2-1-3-5-19)25(33)31-22-12-10-21(28)11-13-22/h1-16,24H,17H2,(H,31,33). The van der Waals surface area contributed by atoms with Crippen molar-refractivity contribution in [3.63, 3.8) is 0 Å². The molecule has 8 heteroatoms. The number of benzene rings is 3. The topological polar surface area (TPSA) is 75.2 Å². The van der Waals surface area contributed by atoms with Crippen LogP contribution in [0.4, 0.5) is 14.5 Å². The summed E-state index contributed by atoms with van der Waals surface area (Å²) in [6, 6.07) is 18.7. The Labute approximate surface area is 194 Å². The Morgan fingerprint density at radius 3 is 2.12 bits per heavy atom. The van der Waals surface area contributed by atoms with Crippen LogP contribution in [0.1, 0.15) is 27.7 Å². The highest BCUT2D eigenvalue weighted by atomic mass is 19.1. The van der Waals surface area contributed by atoms with E-state index in [2.05, 4.69) is 15.3 Å². The van der Waals surface area contributed by atoms with Crippen LogP contribution in [0.15, 0.2) is 97.5 Å². The molecule has 0 saturated carbocycles. The third-order valence-corrected chi connectivity index (χ3v) is 5.10. The van der Waals surface area contributed by atoms with E-state index in [1.165, 1.54) is 59.9 Å². The largest absolute Gasteiger partial charge is 0.324 e. The molecular formula is C26H20F2N4O2. The summed E-state index contributed by atoms with van der Waals surface area (Å²) in [4.78, 5) is 36.5. The van der Waals surface area contributed by atoms with Crippen molar-refractivity contribution in [1.82, 2.24) is 14.9 Å². The van der Waals surface area contributed by atoms with Gasteiger partial charge < -0.3 is 10.2 Å². The molecule has 6 nitrogen and oxygen atoms in total. The smallest absolute Gasteiger partial charge is 0.275 e. The Hall–Kier alpha value is -4.46. The van der Waals surface area contributed by atoms with Gasteiger partial charge in [-0.3, -0.25) is 14.6 Å². The van der Waals surface area contributed by atoms with E-state index in [1.807, 2.05) is 0 Å². The first-order valence-corrected chi connectivity index (χ1v) is 10.4. The third-order valence-electron chi connectivity index (χ3n) is 5.10. The van der Waals surface area contributed by atoms with E-state index in [9.17, 15) is 18.4 Å². The van der Waals surface area contributed by atoms with Gasteiger partial charge in [0.1, 0.15) is 23.4 Å². The molecular weight excluding hydrogens is 438 g/mol. The lowest BCUT2D eigenvalue weighted by Gasteiger charge is -2.31. The normalized spacial score (nSPS) is 11.5. The summed E-state index contributed by atoms with van der Waals surface area (Å²) in [6.45, 7) is 0.00604. The van der Waals surface area contributed by atoms with E-state index in [0.717, 1.165) is 0 Å². The average Bonchev–Trinajstić information content (AvgIpc) is 2.87. The first-order chi connectivity index (χ1) is 16.5. The van der Waals surface area contributed by atoms with Crippen molar-refractivity contribution in [2.45, 2.75) is 12.6 Å². The summed E-state index contributed by atoms with van der Waals surface area (Å²) < 4.78 is 26.8. The molecule has 1 heterocycles. The number of halogens is 2. The van der Waals surface area contributed by atoms with E-state index in [-0.39, 0.29) is 12.2 Å². The Bertz CT molecular complexity index is 1250.